The zero-order valence-corrected chi connectivity index (χ0v) is 9.49. The van der Waals surface area contributed by atoms with Crippen molar-refractivity contribution in [2.75, 3.05) is 7.11 Å². The third-order valence-corrected chi connectivity index (χ3v) is 2.53. The average molecular weight is 224 g/mol. The lowest BCUT2D eigenvalue weighted by molar-refractivity contribution is -0.136. The highest BCUT2D eigenvalue weighted by atomic mass is 16.5. The number of carboxylic acids is 1. The van der Waals surface area contributed by atoms with Gasteiger partial charge in [0, 0.05) is 12.0 Å². The van der Waals surface area contributed by atoms with Crippen molar-refractivity contribution in [3.63, 3.8) is 0 Å². The number of carboxylic acid groups (broad SMARTS) is 1. The standard InChI is InChI=1S/C12H16O4/c1-3-8-4-6-10(16-2)12(15)9(8)5-7-11(13)14/h4,6,15H,3,5,7H2,1-2H3,(H,13,14). The van der Waals surface area contributed by atoms with E-state index in [2.05, 4.69) is 0 Å². The van der Waals surface area contributed by atoms with E-state index < -0.39 is 5.97 Å². The molecule has 2 N–H and O–H groups in total. The van der Waals surface area contributed by atoms with E-state index in [1.165, 1.54) is 7.11 Å². The topological polar surface area (TPSA) is 66.8 Å². The third-order valence-electron chi connectivity index (χ3n) is 2.53. The SMILES string of the molecule is CCc1ccc(OC)c(O)c1CCC(=O)O. The number of ether oxygens (including phenoxy) is 1. The number of hydrogen-bond acceptors (Lipinski definition) is 3. The van der Waals surface area contributed by atoms with Crippen molar-refractivity contribution < 1.29 is 19.7 Å². The van der Waals surface area contributed by atoms with Gasteiger partial charge in [-0.2, -0.15) is 0 Å². The number of phenolic OH excluding ortho intramolecular Hbond substituents is 1. The number of rotatable bonds is 5. The molecule has 16 heavy (non-hydrogen) atoms. The summed E-state index contributed by atoms with van der Waals surface area (Å²) in [5.74, 6) is -0.426. The molecule has 1 aromatic carbocycles. The molecule has 0 radical (unpaired) electrons. The highest BCUT2D eigenvalue weighted by molar-refractivity contribution is 5.67. The number of phenols is 1. The second kappa shape index (κ2) is 5.39. The summed E-state index contributed by atoms with van der Waals surface area (Å²) in [5, 5.41) is 18.5. The molecule has 1 aromatic rings. The molecule has 4 nitrogen and oxygen atoms in total. The molecule has 0 fully saturated rings. The van der Waals surface area contributed by atoms with Gasteiger partial charge in [-0.15, -0.1) is 0 Å². The molecule has 0 aliphatic rings. The zero-order chi connectivity index (χ0) is 12.1. The van der Waals surface area contributed by atoms with Crippen molar-refractivity contribution in [2.24, 2.45) is 0 Å². The van der Waals surface area contributed by atoms with Crippen LogP contribution in [0.3, 0.4) is 0 Å². The second-order valence-corrected chi connectivity index (χ2v) is 3.50. The fourth-order valence-electron chi connectivity index (χ4n) is 1.66. The van der Waals surface area contributed by atoms with Crippen LogP contribution in [0, 0.1) is 0 Å². The Morgan fingerprint density at radius 2 is 2.12 bits per heavy atom. The Morgan fingerprint density at radius 1 is 1.44 bits per heavy atom. The van der Waals surface area contributed by atoms with E-state index in [1.807, 2.05) is 13.0 Å². The van der Waals surface area contributed by atoms with Gasteiger partial charge in [-0.1, -0.05) is 13.0 Å². The molecule has 0 aromatic heterocycles. The van der Waals surface area contributed by atoms with Crippen molar-refractivity contribution in [3.05, 3.63) is 23.3 Å². The molecule has 4 heteroatoms. The first-order valence-electron chi connectivity index (χ1n) is 5.19. The molecule has 0 saturated heterocycles. The Kier molecular flexibility index (Phi) is 4.17. The Balaban J connectivity index is 3.05. The number of hydrogen-bond donors (Lipinski definition) is 2. The van der Waals surface area contributed by atoms with Gasteiger partial charge in [-0.25, -0.2) is 0 Å². The molecule has 0 unspecified atom stereocenters. The van der Waals surface area contributed by atoms with Crippen molar-refractivity contribution in [2.45, 2.75) is 26.2 Å². The van der Waals surface area contributed by atoms with Crippen molar-refractivity contribution >= 4 is 5.97 Å². The van der Waals surface area contributed by atoms with E-state index in [1.54, 1.807) is 6.07 Å². The molecular weight excluding hydrogens is 208 g/mol. The number of methoxy groups -OCH3 is 1. The largest absolute Gasteiger partial charge is 0.504 e. The molecule has 0 atom stereocenters. The zero-order valence-electron chi connectivity index (χ0n) is 9.49. The third kappa shape index (κ3) is 2.66. The van der Waals surface area contributed by atoms with Crippen molar-refractivity contribution in [1.29, 1.82) is 0 Å². The van der Waals surface area contributed by atoms with Crippen LogP contribution in [-0.4, -0.2) is 23.3 Å². The molecule has 88 valence electrons. The Hall–Kier alpha value is -1.71. The quantitative estimate of drug-likeness (QED) is 0.802. The minimum absolute atomic E-state index is 0.00767. The molecule has 0 saturated carbocycles. The molecule has 1 rings (SSSR count). The molecule has 0 aliphatic carbocycles. The summed E-state index contributed by atoms with van der Waals surface area (Å²) in [6.45, 7) is 1.96. The summed E-state index contributed by atoms with van der Waals surface area (Å²) in [6.07, 6.45) is 1.09. The first-order valence-corrected chi connectivity index (χ1v) is 5.19. The van der Waals surface area contributed by atoms with Crippen LogP contribution in [0.25, 0.3) is 0 Å². The van der Waals surface area contributed by atoms with E-state index in [4.69, 9.17) is 9.84 Å². The van der Waals surface area contributed by atoms with Crippen LogP contribution >= 0.6 is 0 Å². The molecule has 0 amide bonds. The highest BCUT2D eigenvalue weighted by Gasteiger charge is 2.13. The van der Waals surface area contributed by atoms with Crippen LogP contribution in [-0.2, 0) is 17.6 Å². The van der Waals surface area contributed by atoms with E-state index in [0.717, 1.165) is 12.0 Å². The molecule has 0 spiro atoms. The lowest BCUT2D eigenvalue weighted by Crippen LogP contribution is -2.01. The van der Waals surface area contributed by atoms with Gasteiger partial charge >= 0.3 is 5.97 Å². The van der Waals surface area contributed by atoms with E-state index in [9.17, 15) is 9.90 Å². The van der Waals surface area contributed by atoms with Gasteiger partial charge < -0.3 is 14.9 Å². The lowest BCUT2D eigenvalue weighted by atomic mass is 9.99. The highest BCUT2D eigenvalue weighted by Crippen LogP contribution is 2.33. The predicted octanol–water partition coefficient (Wildman–Crippen LogP) is 1.98. The summed E-state index contributed by atoms with van der Waals surface area (Å²) in [7, 11) is 1.47. The maximum absolute atomic E-state index is 10.5. The van der Waals surface area contributed by atoms with Crippen LogP contribution in [0.4, 0.5) is 0 Å². The fraction of sp³-hybridized carbons (Fsp3) is 0.417. The normalized spacial score (nSPS) is 10.1. The summed E-state index contributed by atoms with van der Waals surface area (Å²) >= 11 is 0. The summed E-state index contributed by atoms with van der Waals surface area (Å²) in [6, 6.07) is 3.55. The summed E-state index contributed by atoms with van der Waals surface area (Å²) in [5.41, 5.74) is 1.63. The molecule has 0 aliphatic heterocycles. The van der Waals surface area contributed by atoms with E-state index in [0.29, 0.717) is 17.7 Å². The first kappa shape index (κ1) is 12.4. The van der Waals surface area contributed by atoms with Crippen LogP contribution in [0.1, 0.15) is 24.5 Å². The number of carbonyl (C=O) groups is 1. The minimum Gasteiger partial charge on any atom is -0.504 e. The van der Waals surface area contributed by atoms with Gasteiger partial charge in [0.05, 0.1) is 7.11 Å². The molecular formula is C12H16O4. The second-order valence-electron chi connectivity index (χ2n) is 3.50. The van der Waals surface area contributed by atoms with Crippen molar-refractivity contribution in [3.8, 4) is 11.5 Å². The van der Waals surface area contributed by atoms with Gasteiger partial charge in [0.25, 0.3) is 0 Å². The monoisotopic (exact) mass is 224 g/mol. The van der Waals surface area contributed by atoms with Gasteiger partial charge in [-0.3, -0.25) is 4.79 Å². The predicted molar refractivity (Wildman–Crippen MR) is 60.0 cm³/mol. The van der Waals surface area contributed by atoms with Crippen LogP contribution < -0.4 is 4.74 Å². The van der Waals surface area contributed by atoms with Gasteiger partial charge in [0.1, 0.15) is 0 Å². The maximum atomic E-state index is 10.5. The van der Waals surface area contributed by atoms with Crippen molar-refractivity contribution in [1.82, 2.24) is 0 Å². The number of aryl methyl sites for hydroxylation is 1. The van der Waals surface area contributed by atoms with E-state index in [-0.39, 0.29) is 12.2 Å². The summed E-state index contributed by atoms with van der Waals surface area (Å²) < 4.78 is 4.99. The molecule has 0 heterocycles. The minimum atomic E-state index is -0.871. The maximum Gasteiger partial charge on any atom is 0.303 e. The Labute approximate surface area is 94.5 Å². The number of aromatic hydroxyl groups is 1. The first-order chi connectivity index (χ1) is 7.60. The fourth-order valence-corrected chi connectivity index (χ4v) is 1.66. The smallest absolute Gasteiger partial charge is 0.303 e. The Bertz CT molecular complexity index is 385. The lowest BCUT2D eigenvalue weighted by Gasteiger charge is -2.12. The summed E-state index contributed by atoms with van der Waals surface area (Å²) in [4.78, 5) is 10.5. The van der Waals surface area contributed by atoms with Crippen LogP contribution in [0.15, 0.2) is 12.1 Å². The van der Waals surface area contributed by atoms with E-state index >= 15 is 0 Å². The van der Waals surface area contributed by atoms with Gasteiger partial charge in [0.15, 0.2) is 11.5 Å². The van der Waals surface area contributed by atoms with Gasteiger partial charge in [-0.05, 0) is 24.5 Å². The van der Waals surface area contributed by atoms with Crippen LogP contribution in [0.2, 0.25) is 0 Å². The van der Waals surface area contributed by atoms with Crippen LogP contribution in [0.5, 0.6) is 11.5 Å². The number of benzene rings is 1. The average Bonchev–Trinajstić information content (AvgIpc) is 2.26. The Morgan fingerprint density at radius 3 is 2.62 bits per heavy atom. The number of aliphatic carboxylic acids is 1. The molecule has 0 bridgehead atoms. The van der Waals surface area contributed by atoms with Gasteiger partial charge in [0.2, 0.25) is 0 Å².